The quantitative estimate of drug-likeness (QED) is 0.0726. The smallest absolute Gasteiger partial charge is 0.330 e. The average Bonchev–Trinajstić information content (AvgIpc) is 3.22. The lowest BCUT2D eigenvalue weighted by Gasteiger charge is -2.39. The number of methoxy groups -OCH3 is 3. The van der Waals surface area contributed by atoms with Crippen molar-refractivity contribution in [2.75, 3.05) is 27.9 Å². The number of hydrogen-bond acceptors (Lipinski definition) is 19. The van der Waals surface area contributed by atoms with E-state index in [4.69, 9.17) is 42.3 Å². The number of phenolic OH excluding ortho intramolecular Hbond substituents is 2. The number of carbonyl (C=O) groups is 1. The summed E-state index contributed by atoms with van der Waals surface area (Å²) in [5.41, 5.74) is 0.00444. The molecule has 19 nitrogen and oxygen atoms in total. The van der Waals surface area contributed by atoms with Gasteiger partial charge in [-0.3, -0.25) is 4.79 Å². The first-order valence-electron chi connectivity index (χ1n) is 18.1. The van der Waals surface area contributed by atoms with E-state index in [1.54, 1.807) is 19.1 Å². The Morgan fingerprint density at radius 1 is 0.746 bits per heavy atom. The fourth-order valence-corrected chi connectivity index (χ4v) is 6.53. The van der Waals surface area contributed by atoms with E-state index in [0.29, 0.717) is 17.1 Å². The van der Waals surface area contributed by atoms with Crippen LogP contribution in [-0.4, -0.2) is 136 Å². The molecule has 8 N–H and O–H groups in total. The minimum atomic E-state index is -2.00. The number of fused-ring (bicyclic) bond motifs is 1. The van der Waals surface area contributed by atoms with E-state index in [1.807, 2.05) is 0 Å². The molecule has 4 unspecified atom stereocenters. The third-order valence-electron chi connectivity index (χ3n) is 9.89. The van der Waals surface area contributed by atoms with E-state index in [2.05, 4.69) is 0 Å². The second kappa shape index (κ2) is 17.7. The van der Waals surface area contributed by atoms with Gasteiger partial charge in [-0.2, -0.15) is 0 Å². The van der Waals surface area contributed by atoms with Gasteiger partial charge < -0.3 is 83.2 Å². The molecular formula is C40H44O19. The Kier molecular flexibility index (Phi) is 12.9. The summed E-state index contributed by atoms with van der Waals surface area (Å²) in [4.78, 5) is 26.9. The molecule has 2 aliphatic rings. The van der Waals surface area contributed by atoms with E-state index >= 15 is 0 Å². The Morgan fingerprint density at radius 3 is 2.02 bits per heavy atom. The highest BCUT2D eigenvalue weighted by molar-refractivity contribution is 5.89. The van der Waals surface area contributed by atoms with Gasteiger partial charge in [-0.15, -0.1) is 0 Å². The molecule has 0 amide bonds. The second-order valence-corrected chi connectivity index (χ2v) is 13.7. The fraction of sp³-hybridized carbons (Fsp3) is 0.400. The summed E-state index contributed by atoms with van der Waals surface area (Å²) in [7, 11) is 4.24. The van der Waals surface area contributed by atoms with Crippen molar-refractivity contribution in [2.24, 2.45) is 0 Å². The Bertz CT molecular complexity index is 2230. The van der Waals surface area contributed by atoms with Crippen molar-refractivity contribution in [1.82, 2.24) is 0 Å². The molecule has 3 heterocycles. The summed E-state index contributed by atoms with van der Waals surface area (Å²) in [5.74, 6) is -2.14. The van der Waals surface area contributed by atoms with E-state index in [1.165, 1.54) is 52.5 Å². The van der Waals surface area contributed by atoms with Gasteiger partial charge in [0.2, 0.25) is 23.8 Å². The monoisotopic (exact) mass is 828 g/mol. The van der Waals surface area contributed by atoms with E-state index in [0.717, 1.165) is 23.8 Å². The van der Waals surface area contributed by atoms with Crippen molar-refractivity contribution < 1.29 is 88.0 Å². The van der Waals surface area contributed by atoms with Crippen molar-refractivity contribution >= 4 is 23.0 Å². The lowest BCUT2D eigenvalue weighted by molar-refractivity contribution is -0.278. The van der Waals surface area contributed by atoms with E-state index in [9.17, 15) is 50.4 Å². The molecule has 2 aliphatic heterocycles. The lowest BCUT2D eigenvalue weighted by Crippen LogP contribution is -2.60. The summed E-state index contributed by atoms with van der Waals surface area (Å²) in [5, 5.41) is 84.2. The molecule has 0 spiro atoms. The zero-order valence-corrected chi connectivity index (χ0v) is 32.2. The Morgan fingerprint density at radius 2 is 1.37 bits per heavy atom. The molecule has 3 aromatic carbocycles. The maximum atomic E-state index is 14.2. The summed E-state index contributed by atoms with van der Waals surface area (Å²) in [6.45, 7) is 2.59. The minimum Gasteiger partial charge on any atom is -0.507 e. The highest BCUT2D eigenvalue weighted by atomic mass is 16.7. The van der Waals surface area contributed by atoms with Gasteiger partial charge in [-0.05, 0) is 55.8 Å². The molecule has 1 aromatic heterocycles. The standard InChI is InChI=1S/C40H44O19/c1-16-23(51-3)10-18(11-24(16)52-4)6-9-28(43)54-15-27-31(45)34(48)36(50)40(58-27)59-38-32(46)29-22(42)13-20(56-39-35(49)33(47)30(44)17(2)55-39)14-26(29)57-37(38)19-7-8-21(41)25(12-19)53-5/h6-14,17,27,30-31,33-36,39-42,44-45,47-50H,15H2,1-5H3/b9-6+/t17?,27?,30-,31+,33-,34-,35?,36?,39-,40-/m0/s1. The number of aliphatic hydroxyl groups excluding tert-OH is 6. The van der Waals surface area contributed by atoms with Crippen molar-refractivity contribution in [3.63, 3.8) is 0 Å². The van der Waals surface area contributed by atoms with Gasteiger partial charge in [0.25, 0.3) is 0 Å². The molecule has 318 valence electrons. The molecule has 10 atom stereocenters. The van der Waals surface area contributed by atoms with Gasteiger partial charge in [0.15, 0.2) is 17.3 Å². The topological polar surface area (TPSA) is 283 Å². The number of rotatable bonds is 12. The zero-order chi connectivity index (χ0) is 42.9. The number of ether oxygens (including phenoxy) is 8. The van der Waals surface area contributed by atoms with Crippen molar-refractivity contribution in [3.8, 4) is 51.6 Å². The van der Waals surface area contributed by atoms with Gasteiger partial charge in [0.05, 0.1) is 27.4 Å². The predicted octanol–water partition coefficient (Wildman–Crippen LogP) is 0.855. The van der Waals surface area contributed by atoms with Crippen molar-refractivity contribution in [2.45, 2.75) is 75.3 Å². The number of phenols is 2. The van der Waals surface area contributed by atoms with Gasteiger partial charge in [-0.1, -0.05) is 0 Å². The molecule has 0 saturated carbocycles. The summed E-state index contributed by atoms with van der Waals surface area (Å²) in [6.07, 6.45) is -13.9. The number of esters is 1. The molecule has 2 saturated heterocycles. The summed E-state index contributed by atoms with van der Waals surface area (Å²) >= 11 is 0. The zero-order valence-electron chi connectivity index (χ0n) is 32.2. The number of hydrogen-bond donors (Lipinski definition) is 8. The van der Waals surface area contributed by atoms with Crippen LogP contribution in [0, 0.1) is 6.92 Å². The molecule has 19 heteroatoms. The van der Waals surface area contributed by atoms with Crippen LogP contribution in [0.1, 0.15) is 18.1 Å². The predicted molar refractivity (Wildman–Crippen MR) is 202 cm³/mol. The van der Waals surface area contributed by atoms with Crippen LogP contribution in [0.3, 0.4) is 0 Å². The van der Waals surface area contributed by atoms with Crippen LogP contribution in [0.2, 0.25) is 0 Å². The van der Waals surface area contributed by atoms with Crippen LogP contribution >= 0.6 is 0 Å². The number of aliphatic hydroxyl groups is 6. The normalized spacial score (nSPS) is 27.0. The van der Waals surface area contributed by atoms with Crippen molar-refractivity contribution in [1.29, 1.82) is 0 Å². The number of aromatic hydroxyl groups is 2. The maximum Gasteiger partial charge on any atom is 0.330 e. The first-order chi connectivity index (χ1) is 28.1. The molecule has 0 aliphatic carbocycles. The van der Waals surface area contributed by atoms with Crippen LogP contribution in [0.5, 0.6) is 40.2 Å². The van der Waals surface area contributed by atoms with Crippen LogP contribution < -0.4 is 29.1 Å². The molecule has 0 bridgehead atoms. The van der Waals surface area contributed by atoms with Crippen LogP contribution in [0.4, 0.5) is 0 Å². The Balaban J connectivity index is 1.30. The average molecular weight is 829 g/mol. The van der Waals surface area contributed by atoms with Crippen LogP contribution in [-0.2, 0) is 19.0 Å². The fourth-order valence-electron chi connectivity index (χ4n) is 6.53. The maximum absolute atomic E-state index is 14.2. The van der Waals surface area contributed by atoms with Crippen LogP contribution in [0.25, 0.3) is 28.4 Å². The van der Waals surface area contributed by atoms with Gasteiger partial charge in [-0.25, -0.2) is 4.79 Å². The number of benzene rings is 3. The highest BCUT2D eigenvalue weighted by Crippen LogP contribution is 2.40. The molecule has 4 aromatic rings. The largest absolute Gasteiger partial charge is 0.507 e. The van der Waals surface area contributed by atoms with Gasteiger partial charge in [0, 0.05) is 29.3 Å². The highest BCUT2D eigenvalue weighted by Gasteiger charge is 2.47. The van der Waals surface area contributed by atoms with Gasteiger partial charge in [0.1, 0.15) is 83.3 Å². The van der Waals surface area contributed by atoms with E-state index < -0.39 is 96.3 Å². The molecule has 2 fully saturated rings. The first-order valence-corrected chi connectivity index (χ1v) is 18.1. The molecule has 6 rings (SSSR count). The lowest BCUT2D eigenvalue weighted by atomic mass is 9.99. The molecule has 59 heavy (non-hydrogen) atoms. The Hall–Kier alpha value is -5.64. The summed E-state index contributed by atoms with van der Waals surface area (Å²) < 4.78 is 50.1. The SMILES string of the molecule is COc1cc(-c2oc3cc(O[C@@H]4OC(C)[C@H](O)[C@H](O)C4O)cc(O)c3c(=O)c2O[C@@H]2OC(COC(=O)/C=C/c3cc(OC)c(C)c(OC)c3)[C@@H](O)[C@H](O)C2O)ccc1O. The molecule has 0 radical (unpaired) electrons. The third-order valence-corrected chi connectivity index (χ3v) is 9.89. The van der Waals surface area contributed by atoms with Crippen molar-refractivity contribution in [3.05, 3.63) is 69.9 Å². The van der Waals surface area contributed by atoms with Gasteiger partial charge >= 0.3 is 5.97 Å². The Labute approximate surface area is 335 Å². The van der Waals surface area contributed by atoms with Crippen LogP contribution in [0.15, 0.2) is 57.8 Å². The molecular weight excluding hydrogens is 784 g/mol. The third kappa shape index (κ3) is 8.73. The first kappa shape index (κ1) is 43.0. The summed E-state index contributed by atoms with van der Waals surface area (Å²) in [6, 6.07) is 9.32. The van der Waals surface area contributed by atoms with E-state index in [-0.39, 0.29) is 34.2 Å². The number of carbonyl (C=O) groups excluding carboxylic acids is 1. The second-order valence-electron chi connectivity index (χ2n) is 13.7. The minimum absolute atomic E-state index is 0.0569.